The van der Waals surface area contributed by atoms with Crippen LogP contribution in [0.25, 0.3) is 0 Å². The van der Waals surface area contributed by atoms with Gasteiger partial charge in [-0.05, 0) is 76.1 Å². The Morgan fingerprint density at radius 1 is 1.27 bits per heavy atom. The summed E-state index contributed by atoms with van der Waals surface area (Å²) in [6, 6.07) is 6.42. The Kier molecular flexibility index (Phi) is 8.26. The Hall–Kier alpha value is -2.89. The van der Waals surface area contributed by atoms with Crippen molar-refractivity contribution >= 4 is 30.0 Å². The van der Waals surface area contributed by atoms with Gasteiger partial charge in [-0.3, -0.25) is 14.5 Å². The highest BCUT2D eigenvalue weighted by molar-refractivity contribution is 7.94. The fourth-order valence-corrected chi connectivity index (χ4v) is 6.94. The van der Waals surface area contributed by atoms with Crippen molar-refractivity contribution in [1.29, 1.82) is 5.26 Å². The number of alkyl carbamates (subject to hydrolysis) is 1. The summed E-state index contributed by atoms with van der Waals surface area (Å²) in [5.74, 6) is 4.67. The first-order valence-corrected chi connectivity index (χ1v) is 14.4. The Morgan fingerprint density at radius 2 is 2.08 bits per heavy atom. The molecule has 0 saturated carbocycles. The molecule has 13 heteroatoms. The second-order valence-corrected chi connectivity index (χ2v) is 12.6. The van der Waals surface area contributed by atoms with Gasteiger partial charge in [0, 0.05) is 30.6 Å². The topological polar surface area (TPSA) is 150 Å². The summed E-state index contributed by atoms with van der Waals surface area (Å²) >= 11 is 1.04. The van der Waals surface area contributed by atoms with E-state index < -0.39 is 23.8 Å². The van der Waals surface area contributed by atoms with E-state index in [2.05, 4.69) is 16.4 Å². The number of likely N-dealkylation sites (tertiary alicyclic amines) is 3. The Balaban J connectivity index is 1.28. The van der Waals surface area contributed by atoms with E-state index in [9.17, 15) is 19.6 Å². The molecular weight excluding hydrogens is 536 g/mol. The largest absolute Gasteiger partial charge is 0.444 e. The average Bonchev–Trinajstić information content (AvgIpc) is 3.68. The van der Waals surface area contributed by atoms with Gasteiger partial charge in [0.25, 0.3) is 0 Å². The fourth-order valence-electron chi connectivity index (χ4n) is 6.51. The van der Waals surface area contributed by atoms with Crippen LogP contribution in [0.3, 0.4) is 0 Å². The molecule has 5 rings (SSSR count). The summed E-state index contributed by atoms with van der Waals surface area (Å²) in [4.78, 5) is 50.5. The number of amides is 3. The molecule has 0 radical (unpaired) electrons. The summed E-state index contributed by atoms with van der Waals surface area (Å²) in [5.41, 5.74) is 1.58. The summed E-state index contributed by atoms with van der Waals surface area (Å²) in [7, 11) is 0. The number of carbonyl (C=O) groups excluding carboxylic acids is 3. The number of hydrogen-bond acceptors (Lipinski definition) is 10. The Bertz CT molecular complexity index is 1200. The van der Waals surface area contributed by atoms with Crippen molar-refractivity contribution in [1.82, 2.24) is 20.0 Å². The van der Waals surface area contributed by atoms with E-state index in [4.69, 9.17) is 15.0 Å². The van der Waals surface area contributed by atoms with Gasteiger partial charge in [0.2, 0.25) is 11.8 Å². The number of benzene rings is 1. The predicted molar refractivity (Wildman–Crippen MR) is 144 cm³/mol. The molecule has 5 atom stereocenters. The minimum absolute atomic E-state index is 0.00341. The first-order chi connectivity index (χ1) is 19.1. The number of carbonyl (C=O) groups is 3. The number of nitrogens with one attached hydrogen (secondary N) is 1. The van der Waals surface area contributed by atoms with Gasteiger partial charge >= 0.3 is 6.09 Å². The minimum atomic E-state index is -0.924. The van der Waals surface area contributed by atoms with Crippen LogP contribution < -0.4 is 11.2 Å². The molecule has 0 aromatic heterocycles. The van der Waals surface area contributed by atoms with E-state index >= 15 is 0 Å². The van der Waals surface area contributed by atoms with Crippen molar-refractivity contribution in [3.05, 3.63) is 29.3 Å². The van der Waals surface area contributed by atoms with Crippen molar-refractivity contribution in [3.63, 3.8) is 0 Å². The molecule has 3 amide bonds. The van der Waals surface area contributed by atoms with Crippen molar-refractivity contribution in [2.75, 3.05) is 19.6 Å². The Morgan fingerprint density at radius 3 is 2.77 bits per heavy atom. The molecule has 2 bridgehead atoms. The molecule has 0 unspecified atom stereocenters. The van der Waals surface area contributed by atoms with Gasteiger partial charge in [0.05, 0.1) is 30.2 Å². The van der Waals surface area contributed by atoms with Gasteiger partial charge in [-0.1, -0.05) is 6.07 Å². The molecule has 0 spiro atoms. The van der Waals surface area contributed by atoms with Gasteiger partial charge in [-0.25, -0.2) is 4.79 Å². The van der Waals surface area contributed by atoms with Crippen LogP contribution in [0.1, 0.15) is 63.6 Å². The third-order valence-electron chi connectivity index (χ3n) is 8.07. The summed E-state index contributed by atoms with van der Waals surface area (Å²) < 4.78 is 10.2. The number of aryl methyl sites for hydroxylation is 1. The molecule has 3 fully saturated rings. The highest BCUT2D eigenvalue weighted by Gasteiger charge is 2.53. The molecular formula is C27H36N6O6S. The SMILES string of the molecule is CC(C)(C)OC(=O)N[C@@H](CN1C[C@@H]2C[C@H]1C(=O)N2[C@@H]1CCc2cc(SOON)ccc21)C(=O)N1CCC[C@H]1C#N. The zero-order chi connectivity index (χ0) is 28.6. The van der Waals surface area contributed by atoms with E-state index in [0.29, 0.717) is 25.9 Å². The maximum absolute atomic E-state index is 13.7. The van der Waals surface area contributed by atoms with Gasteiger partial charge < -0.3 is 19.9 Å². The van der Waals surface area contributed by atoms with E-state index in [1.807, 2.05) is 28.0 Å². The quantitative estimate of drug-likeness (QED) is 0.270. The lowest BCUT2D eigenvalue weighted by Crippen LogP contribution is -2.59. The van der Waals surface area contributed by atoms with Gasteiger partial charge in [0.15, 0.2) is 0 Å². The summed E-state index contributed by atoms with van der Waals surface area (Å²) in [6.07, 6.45) is 3.03. The summed E-state index contributed by atoms with van der Waals surface area (Å²) in [6.45, 7) is 6.52. The van der Waals surface area contributed by atoms with Gasteiger partial charge in [0.1, 0.15) is 17.7 Å². The predicted octanol–water partition coefficient (Wildman–Crippen LogP) is 2.20. The molecule has 3 heterocycles. The lowest BCUT2D eigenvalue weighted by atomic mass is 10.1. The number of nitriles is 1. The van der Waals surface area contributed by atoms with Crippen molar-refractivity contribution in [2.24, 2.45) is 5.90 Å². The fraction of sp³-hybridized carbons (Fsp3) is 0.630. The third-order valence-corrected chi connectivity index (χ3v) is 8.66. The van der Waals surface area contributed by atoms with Crippen LogP contribution in [0, 0.1) is 11.3 Å². The van der Waals surface area contributed by atoms with Crippen LogP contribution in [-0.2, 0) is 30.1 Å². The van der Waals surface area contributed by atoms with E-state index in [1.165, 1.54) is 10.5 Å². The molecule has 1 aromatic carbocycles. The molecule has 3 aliphatic heterocycles. The normalized spacial score (nSPS) is 26.6. The molecule has 40 heavy (non-hydrogen) atoms. The second kappa shape index (κ2) is 11.5. The van der Waals surface area contributed by atoms with Gasteiger partial charge in [-0.2, -0.15) is 11.2 Å². The van der Waals surface area contributed by atoms with Crippen LogP contribution in [0.5, 0.6) is 0 Å². The highest BCUT2D eigenvalue weighted by Crippen LogP contribution is 2.44. The smallest absolute Gasteiger partial charge is 0.408 e. The lowest BCUT2D eigenvalue weighted by Gasteiger charge is -2.39. The number of ether oxygens (including phenoxy) is 1. The number of rotatable bonds is 8. The molecule has 12 nitrogen and oxygen atoms in total. The van der Waals surface area contributed by atoms with Crippen molar-refractivity contribution in [2.45, 2.75) is 93.6 Å². The first-order valence-electron chi connectivity index (χ1n) is 13.7. The van der Waals surface area contributed by atoms with Crippen LogP contribution in [0.15, 0.2) is 23.1 Å². The maximum atomic E-state index is 13.7. The monoisotopic (exact) mass is 572 g/mol. The molecule has 3 N–H and O–H groups in total. The third kappa shape index (κ3) is 5.77. The van der Waals surface area contributed by atoms with Crippen LogP contribution in [-0.4, -0.2) is 82.0 Å². The Labute approximate surface area is 238 Å². The lowest BCUT2D eigenvalue weighted by molar-refractivity contribution is -0.195. The van der Waals surface area contributed by atoms with E-state index in [-0.39, 0.29) is 36.5 Å². The number of piperazine rings is 1. The highest BCUT2D eigenvalue weighted by atomic mass is 32.2. The number of nitrogens with two attached hydrogens (primary N) is 1. The molecule has 1 aromatic rings. The molecule has 3 saturated heterocycles. The zero-order valence-corrected chi connectivity index (χ0v) is 23.8. The van der Waals surface area contributed by atoms with Crippen LogP contribution in [0.4, 0.5) is 4.79 Å². The van der Waals surface area contributed by atoms with Crippen LogP contribution in [0.2, 0.25) is 0 Å². The molecule has 216 valence electrons. The first kappa shape index (κ1) is 28.6. The maximum Gasteiger partial charge on any atom is 0.408 e. The van der Waals surface area contributed by atoms with E-state index in [0.717, 1.165) is 41.8 Å². The average molecular weight is 573 g/mol. The van der Waals surface area contributed by atoms with Gasteiger partial charge in [-0.15, -0.1) is 9.32 Å². The molecule has 1 aliphatic carbocycles. The number of fused-ring (bicyclic) bond motifs is 3. The minimum Gasteiger partial charge on any atom is -0.444 e. The molecule has 4 aliphatic rings. The summed E-state index contributed by atoms with van der Waals surface area (Å²) in [5, 5.41) is 12.3. The van der Waals surface area contributed by atoms with Crippen LogP contribution >= 0.6 is 12.0 Å². The number of hydrogen-bond donors (Lipinski definition) is 2. The standard InChI is InChI=1S/C27H36N6O6S/c1-27(2,3)37-26(36)30-21(24(34)32-10-4-5-17(32)13-28)15-31-14-18-12-23(31)25(35)33(18)22-9-6-16-11-19(40-39-38-29)7-8-20(16)22/h7-8,11,17-18,21-23H,4-6,9-10,12,14-15,29H2,1-3H3,(H,30,36)/t17-,18-,21-,22+,23-/m0/s1. The van der Waals surface area contributed by atoms with Crippen molar-refractivity contribution < 1.29 is 28.4 Å². The number of nitrogens with zero attached hydrogens (tertiary/aromatic N) is 4. The van der Waals surface area contributed by atoms with E-state index in [1.54, 1.807) is 20.8 Å². The zero-order valence-electron chi connectivity index (χ0n) is 23.0. The van der Waals surface area contributed by atoms with Crippen molar-refractivity contribution in [3.8, 4) is 6.07 Å². The second-order valence-electron chi connectivity index (χ2n) is 11.8.